The van der Waals surface area contributed by atoms with E-state index in [2.05, 4.69) is 31.3 Å². The summed E-state index contributed by atoms with van der Waals surface area (Å²) in [4.78, 5) is 0. The van der Waals surface area contributed by atoms with E-state index >= 15 is 0 Å². The Kier molecular flexibility index (Phi) is 3.08. The molecule has 0 heterocycles. The van der Waals surface area contributed by atoms with Gasteiger partial charge in [-0.1, -0.05) is 18.2 Å². The Bertz CT molecular complexity index is 324. The maximum absolute atomic E-state index is 10.1. The molecule has 1 atom stereocenters. The van der Waals surface area contributed by atoms with Crippen LogP contribution in [0.25, 0.3) is 0 Å². The van der Waals surface area contributed by atoms with Crippen LogP contribution in [0, 0.1) is 13.8 Å². The Morgan fingerprint density at radius 3 is 2.47 bits per heavy atom. The maximum atomic E-state index is 10.1. The lowest BCUT2D eigenvalue weighted by atomic mass is 9.98. The summed E-state index contributed by atoms with van der Waals surface area (Å²) >= 11 is 0. The molecule has 2 rings (SSSR count). The first-order valence-corrected chi connectivity index (χ1v) is 5.66. The number of nitrogens with one attached hydrogen (secondary N) is 1. The molecule has 2 N–H and O–H groups in total. The van der Waals surface area contributed by atoms with Crippen LogP contribution < -0.4 is 5.32 Å². The van der Waals surface area contributed by atoms with Crippen LogP contribution in [0.4, 0.5) is 0 Å². The predicted molar refractivity (Wildman–Crippen MR) is 61.9 cm³/mol. The third-order valence-electron chi connectivity index (χ3n) is 3.05. The van der Waals surface area contributed by atoms with E-state index in [4.69, 9.17) is 0 Å². The van der Waals surface area contributed by atoms with Gasteiger partial charge in [0.25, 0.3) is 0 Å². The number of aliphatic hydroxyl groups is 1. The van der Waals surface area contributed by atoms with Crippen molar-refractivity contribution in [2.24, 2.45) is 0 Å². The Morgan fingerprint density at radius 1 is 1.33 bits per heavy atom. The molecule has 0 aliphatic heterocycles. The largest absolute Gasteiger partial charge is 0.387 e. The van der Waals surface area contributed by atoms with E-state index in [9.17, 15) is 5.11 Å². The second-order valence-electron chi connectivity index (χ2n) is 4.50. The fourth-order valence-electron chi connectivity index (χ4n) is 2.02. The third kappa shape index (κ3) is 2.58. The molecule has 1 fully saturated rings. The molecule has 15 heavy (non-hydrogen) atoms. The minimum absolute atomic E-state index is 0.369. The van der Waals surface area contributed by atoms with E-state index in [1.165, 1.54) is 24.0 Å². The smallest absolute Gasteiger partial charge is 0.0919 e. The first-order valence-electron chi connectivity index (χ1n) is 5.66. The van der Waals surface area contributed by atoms with E-state index in [0.717, 1.165) is 5.56 Å². The second kappa shape index (κ2) is 4.33. The van der Waals surface area contributed by atoms with Crippen molar-refractivity contribution in [3.8, 4) is 0 Å². The Morgan fingerprint density at radius 2 is 1.93 bits per heavy atom. The fraction of sp³-hybridized carbons (Fsp3) is 0.538. The summed E-state index contributed by atoms with van der Waals surface area (Å²) in [5.41, 5.74) is 3.45. The lowest BCUT2D eigenvalue weighted by Gasteiger charge is -2.16. The average molecular weight is 205 g/mol. The number of hydrogen-bond donors (Lipinski definition) is 2. The highest BCUT2D eigenvalue weighted by atomic mass is 16.3. The van der Waals surface area contributed by atoms with Gasteiger partial charge in [-0.15, -0.1) is 0 Å². The van der Waals surface area contributed by atoms with E-state index in [1.807, 2.05) is 6.07 Å². The molecule has 1 aromatic carbocycles. The van der Waals surface area contributed by atoms with Crippen LogP contribution in [-0.2, 0) is 0 Å². The van der Waals surface area contributed by atoms with Gasteiger partial charge >= 0.3 is 0 Å². The van der Waals surface area contributed by atoms with Crippen LogP contribution in [0.15, 0.2) is 18.2 Å². The molecule has 0 aromatic heterocycles. The molecule has 0 bridgehead atoms. The average Bonchev–Trinajstić information content (AvgIpc) is 2.97. The first-order chi connectivity index (χ1) is 7.18. The van der Waals surface area contributed by atoms with Gasteiger partial charge in [-0.3, -0.25) is 0 Å². The minimum Gasteiger partial charge on any atom is -0.387 e. The molecule has 2 heteroatoms. The normalized spacial score (nSPS) is 17.8. The monoisotopic (exact) mass is 205 g/mol. The van der Waals surface area contributed by atoms with Gasteiger partial charge in [0.05, 0.1) is 6.10 Å². The van der Waals surface area contributed by atoms with Gasteiger partial charge in [-0.2, -0.15) is 0 Å². The topological polar surface area (TPSA) is 32.3 Å². The quantitative estimate of drug-likeness (QED) is 0.789. The molecular formula is C13H19NO. The Balaban J connectivity index is 2.05. The molecule has 1 unspecified atom stereocenters. The van der Waals surface area contributed by atoms with Crippen molar-refractivity contribution in [1.82, 2.24) is 5.32 Å². The molecule has 1 aliphatic rings. The summed E-state index contributed by atoms with van der Waals surface area (Å²) < 4.78 is 0. The second-order valence-corrected chi connectivity index (χ2v) is 4.50. The molecule has 1 saturated carbocycles. The van der Waals surface area contributed by atoms with Gasteiger partial charge < -0.3 is 10.4 Å². The van der Waals surface area contributed by atoms with Gasteiger partial charge in [0.1, 0.15) is 0 Å². The van der Waals surface area contributed by atoms with E-state index < -0.39 is 0 Å². The van der Waals surface area contributed by atoms with Crippen molar-refractivity contribution >= 4 is 0 Å². The summed E-state index contributed by atoms with van der Waals surface area (Å²) in [5.74, 6) is 0. The SMILES string of the molecule is Cc1cccc(C)c1C(O)CNC1CC1. The lowest BCUT2D eigenvalue weighted by molar-refractivity contribution is 0.173. The summed E-state index contributed by atoms with van der Waals surface area (Å²) in [6.07, 6.45) is 2.16. The number of aliphatic hydroxyl groups excluding tert-OH is 1. The van der Waals surface area contributed by atoms with Crippen LogP contribution in [0.3, 0.4) is 0 Å². The molecule has 0 radical (unpaired) electrons. The first kappa shape index (κ1) is 10.7. The van der Waals surface area contributed by atoms with Crippen LogP contribution in [-0.4, -0.2) is 17.7 Å². The summed E-state index contributed by atoms with van der Waals surface area (Å²) in [7, 11) is 0. The van der Waals surface area contributed by atoms with Crippen molar-refractivity contribution < 1.29 is 5.11 Å². The highest BCUT2D eigenvalue weighted by Crippen LogP contribution is 2.23. The Labute approximate surface area is 91.3 Å². The van der Waals surface area contributed by atoms with Crippen molar-refractivity contribution in [1.29, 1.82) is 0 Å². The summed E-state index contributed by atoms with van der Waals surface area (Å²) in [6, 6.07) is 6.81. The lowest BCUT2D eigenvalue weighted by Crippen LogP contribution is -2.24. The zero-order valence-corrected chi connectivity index (χ0v) is 9.46. The van der Waals surface area contributed by atoms with Crippen molar-refractivity contribution in [2.45, 2.75) is 38.8 Å². The summed E-state index contributed by atoms with van der Waals surface area (Å²) in [6.45, 7) is 4.79. The molecular weight excluding hydrogens is 186 g/mol. The summed E-state index contributed by atoms with van der Waals surface area (Å²) in [5, 5.41) is 13.5. The van der Waals surface area contributed by atoms with Crippen LogP contribution in [0.2, 0.25) is 0 Å². The molecule has 0 saturated heterocycles. The molecule has 0 amide bonds. The molecule has 2 nitrogen and oxygen atoms in total. The maximum Gasteiger partial charge on any atom is 0.0919 e. The van der Waals surface area contributed by atoms with Crippen LogP contribution >= 0.6 is 0 Å². The highest BCUT2D eigenvalue weighted by molar-refractivity contribution is 5.35. The van der Waals surface area contributed by atoms with Crippen molar-refractivity contribution in [3.63, 3.8) is 0 Å². The number of aryl methyl sites for hydroxylation is 2. The van der Waals surface area contributed by atoms with Crippen molar-refractivity contribution in [3.05, 3.63) is 34.9 Å². The van der Waals surface area contributed by atoms with E-state index in [1.54, 1.807) is 0 Å². The molecule has 1 aromatic rings. The minimum atomic E-state index is -0.369. The zero-order valence-electron chi connectivity index (χ0n) is 9.46. The van der Waals surface area contributed by atoms with Crippen LogP contribution in [0.5, 0.6) is 0 Å². The van der Waals surface area contributed by atoms with Gasteiger partial charge in [-0.25, -0.2) is 0 Å². The standard InChI is InChI=1S/C13H19NO/c1-9-4-3-5-10(2)13(9)12(15)8-14-11-6-7-11/h3-5,11-12,14-15H,6-8H2,1-2H3. The number of benzene rings is 1. The Hall–Kier alpha value is -0.860. The van der Waals surface area contributed by atoms with Gasteiger partial charge in [0, 0.05) is 12.6 Å². The van der Waals surface area contributed by atoms with Crippen LogP contribution in [0.1, 0.15) is 35.6 Å². The van der Waals surface area contributed by atoms with Gasteiger partial charge in [0.2, 0.25) is 0 Å². The molecule has 1 aliphatic carbocycles. The van der Waals surface area contributed by atoms with E-state index in [-0.39, 0.29) is 6.10 Å². The zero-order chi connectivity index (χ0) is 10.8. The number of rotatable bonds is 4. The number of hydrogen-bond acceptors (Lipinski definition) is 2. The van der Waals surface area contributed by atoms with Gasteiger partial charge in [0.15, 0.2) is 0 Å². The van der Waals surface area contributed by atoms with Gasteiger partial charge in [-0.05, 0) is 43.4 Å². The molecule has 0 spiro atoms. The third-order valence-corrected chi connectivity index (χ3v) is 3.05. The highest BCUT2D eigenvalue weighted by Gasteiger charge is 2.22. The predicted octanol–water partition coefficient (Wildman–Crippen LogP) is 2.09. The van der Waals surface area contributed by atoms with Crippen molar-refractivity contribution in [2.75, 3.05) is 6.54 Å². The fourth-order valence-corrected chi connectivity index (χ4v) is 2.02. The van der Waals surface area contributed by atoms with E-state index in [0.29, 0.717) is 12.6 Å². The molecule has 82 valence electrons.